The molecule has 5 heteroatoms. The van der Waals surface area contributed by atoms with Crippen molar-refractivity contribution in [2.75, 3.05) is 6.54 Å². The molecule has 122 valence electrons. The number of benzene rings is 1. The number of nitrogens with zero attached hydrogens (tertiary/aromatic N) is 2. The van der Waals surface area contributed by atoms with E-state index in [9.17, 15) is 4.79 Å². The second kappa shape index (κ2) is 6.46. The van der Waals surface area contributed by atoms with Crippen molar-refractivity contribution in [2.45, 2.75) is 45.7 Å². The highest BCUT2D eigenvalue weighted by molar-refractivity contribution is 6.30. The summed E-state index contributed by atoms with van der Waals surface area (Å²) in [6.07, 6.45) is 2.96. The van der Waals surface area contributed by atoms with E-state index in [1.54, 1.807) is 0 Å². The number of hydrogen-bond acceptors (Lipinski definition) is 3. The molecule has 1 aliphatic heterocycles. The molecular formula is C18H22ClN3O. The van der Waals surface area contributed by atoms with E-state index in [2.05, 4.69) is 41.9 Å². The highest BCUT2D eigenvalue weighted by Crippen LogP contribution is 2.27. The number of pyridine rings is 1. The first-order valence-corrected chi connectivity index (χ1v) is 8.44. The van der Waals surface area contributed by atoms with E-state index in [0.29, 0.717) is 11.7 Å². The number of rotatable bonds is 3. The summed E-state index contributed by atoms with van der Waals surface area (Å²) in [6, 6.07) is 6.07. The second-order valence-electron chi connectivity index (χ2n) is 6.40. The number of amides is 1. The van der Waals surface area contributed by atoms with Crippen molar-refractivity contribution < 1.29 is 4.79 Å². The van der Waals surface area contributed by atoms with Gasteiger partial charge in [-0.2, -0.15) is 0 Å². The number of likely N-dealkylation sites (tertiary alicyclic amines) is 1. The summed E-state index contributed by atoms with van der Waals surface area (Å²) in [5.74, 6) is -0.249. The van der Waals surface area contributed by atoms with Crippen LogP contribution in [0.25, 0.3) is 10.9 Å². The smallest absolute Gasteiger partial charge is 0.234 e. The van der Waals surface area contributed by atoms with Gasteiger partial charge in [0.15, 0.2) is 0 Å². The molecule has 0 aliphatic carbocycles. The highest BCUT2D eigenvalue weighted by Gasteiger charge is 2.27. The standard InChI is InChI=1S/C18H22ClN3O/c1-11-6-7-13-9-14(17(19)21-16(13)12(11)2)10-22-8-4-3-5-15(22)18(20)23/h6-7,9,15H,3-5,8,10H2,1-2H3,(H2,20,23). The number of carbonyl (C=O) groups is 1. The van der Waals surface area contributed by atoms with Crippen molar-refractivity contribution >= 4 is 28.4 Å². The van der Waals surface area contributed by atoms with Crippen LogP contribution in [0, 0.1) is 13.8 Å². The number of fused-ring (bicyclic) bond motifs is 1. The van der Waals surface area contributed by atoms with Gasteiger partial charge in [-0.05, 0) is 50.4 Å². The predicted molar refractivity (Wildman–Crippen MR) is 93.5 cm³/mol. The normalized spacial score (nSPS) is 19.2. The fraction of sp³-hybridized carbons (Fsp3) is 0.444. The third kappa shape index (κ3) is 3.19. The second-order valence-corrected chi connectivity index (χ2v) is 6.76. The average Bonchev–Trinajstić information content (AvgIpc) is 2.53. The minimum absolute atomic E-state index is 0.199. The van der Waals surface area contributed by atoms with Gasteiger partial charge in [0.05, 0.1) is 11.6 Å². The van der Waals surface area contributed by atoms with Crippen LogP contribution in [0.15, 0.2) is 18.2 Å². The fourth-order valence-corrected chi connectivity index (χ4v) is 3.54. The van der Waals surface area contributed by atoms with E-state index in [1.807, 2.05) is 0 Å². The Morgan fingerprint density at radius 1 is 1.39 bits per heavy atom. The summed E-state index contributed by atoms with van der Waals surface area (Å²) < 4.78 is 0. The van der Waals surface area contributed by atoms with Crippen LogP contribution >= 0.6 is 11.6 Å². The highest BCUT2D eigenvalue weighted by atomic mass is 35.5. The molecule has 2 aromatic rings. The molecule has 1 atom stereocenters. The van der Waals surface area contributed by atoms with Gasteiger partial charge in [0.25, 0.3) is 0 Å². The number of carbonyl (C=O) groups excluding carboxylic acids is 1. The molecule has 1 unspecified atom stereocenters. The summed E-state index contributed by atoms with van der Waals surface area (Å²) in [5.41, 5.74) is 9.81. The molecule has 23 heavy (non-hydrogen) atoms. The maximum Gasteiger partial charge on any atom is 0.234 e. The largest absolute Gasteiger partial charge is 0.368 e. The summed E-state index contributed by atoms with van der Waals surface area (Å²) in [4.78, 5) is 18.4. The Bertz CT molecular complexity index is 760. The van der Waals surface area contributed by atoms with Crippen LogP contribution in [0.1, 0.15) is 36.0 Å². The maximum atomic E-state index is 11.7. The molecule has 1 aromatic carbocycles. The summed E-state index contributed by atoms with van der Waals surface area (Å²) in [5, 5.41) is 1.60. The van der Waals surface area contributed by atoms with Crippen LogP contribution in [-0.4, -0.2) is 28.4 Å². The lowest BCUT2D eigenvalue weighted by Gasteiger charge is -2.33. The van der Waals surface area contributed by atoms with Crippen LogP contribution in [0.5, 0.6) is 0 Å². The van der Waals surface area contributed by atoms with E-state index in [4.69, 9.17) is 17.3 Å². The molecule has 1 aliphatic rings. The van der Waals surface area contributed by atoms with Gasteiger partial charge in [0, 0.05) is 17.5 Å². The third-order valence-electron chi connectivity index (χ3n) is 4.85. The number of piperidine rings is 1. The zero-order valence-electron chi connectivity index (χ0n) is 13.6. The van der Waals surface area contributed by atoms with Gasteiger partial charge in [-0.25, -0.2) is 4.98 Å². The fourth-order valence-electron chi connectivity index (χ4n) is 3.34. The summed E-state index contributed by atoms with van der Waals surface area (Å²) in [6.45, 7) is 5.62. The Kier molecular flexibility index (Phi) is 4.55. The van der Waals surface area contributed by atoms with Crippen molar-refractivity contribution in [3.05, 3.63) is 40.0 Å². The van der Waals surface area contributed by atoms with Crippen molar-refractivity contribution in [1.82, 2.24) is 9.88 Å². The Morgan fingerprint density at radius 3 is 2.91 bits per heavy atom. The molecule has 1 saturated heterocycles. The van der Waals surface area contributed by atoms with Crippen molar-refractivity contribution in [3.8, 4) is 0 Å². The molecule has 1 amide bonds. The van der Waals surface area contributed by atoms with E-state index in [0.717, 1.165) is 47.8 Å². The molecule has 0 bridgehead atoms. The Balaban J connectivity index is 1.95. The lowest BCUT2D eigenvalue weighted by atomic mass is 10.00. The molecule has 0 radical (unpaired) electrons. The van der Waals surface area contributed by atoms with Crippen LogP contribution in [0.2, 0.25) is 5.15 Å². The van der Waals surface area contributed by atoms with Crippen LogP contribution in [0.4, 0.5) is 0 Å². The minimum Gasteiger partial charge on any atom is -0.368 e. The number of hydrogen-bond donors (Lipinski definition) is 1. The van der Waals surface area contributed by atoms with Gasteiger partial charge in [-0.15, -0.1) is 0 Å². The molecule has 0 spiro atoms. The van der Waals surface area contributed by atoms with Crippen LogP contribution in [-0.2, 0) is 11.3 Å². The van der Waals surface area contributed by atoms with E-state index in [-0.39, 0.29) is 11.9 Å². The SMILES string of the molecule is Cc1ccc2cc(CN3CCCCC3C(N)=O)c(Cl)nc2c1C. The molecule has 1 aromatic heterocycles. The average molecular weight is 332 g/mol. The van der Waals surface area contributed by atoms with Gasteiger partial charge in [0.2, 0.25) is 5.91 Å². The number of nitrogens with two attached hydrogens (primary N) is 1. The first-order chi connectivity index (χ1) is 11.0. The monoisotopic (exact) mass is 331 g/mol. The molecule has 4 nitrogen and oxygen atoms in total. The Labute approximate surface area is 141 Å². The lowest BCUT2D eigenvalue weighted by molar-refractivity contribution is -0.124. The zero-order valence-corrected chi connectivity index (χ0v) is 14.4. The lowest BCUT2D eigenvalue weighted by Crippen LogP contribution is -2.47. The third-order valence-corrected chi connectivity index (χ3v) is 5.18. The quantitative estimate of drug-likeness (QED) is 0.877. The molecule has 3 rings (SSSR count). The van der Waals surface area contributed by atoms with E-state index in [1.165, 1.54) is 5.56 Å². The van der Waals surface area contributed by atoms with Crippen LogP contribution in [0.3, 0.4) is 0 Å². The molecular weight excluding hydrogens is 310 g/mol. The Morgan fingerprint density at radius 2 is 2.17 bits per heavy atom. The van der Waals surface area contributed by atoms with Gasteiger partial charge < -0.3 is 5.73 Å². The van der Waals surface area contributed by atoms with Gasteiger partial charge in [-0.3, -0.25) is 9.69 Å². The van der Waals surface area contributed by atoms with Gasteiger partial charge >= 0.3 is 0 Å². The first-order valence-electron chi connectivity index (χ1n) is 8.06. The predicted octanol–water partition coefficient (Wildman–Crippen LogP) is 3.34. The van der Waals surface area contributed by atoms with Gasteiger partial charge in [-0.1, -0.05) is 30.2 Å². The molecule has 1 fully saturated rings. The first kappa shape index (κ1) is 16.2. The van der Waals surface area contributed by atoms with Crippen molar-refractivity contribution in [3.63, 3.8) is 0 Å². The molecule has 2 N–H and O–H groups in total. The number of aryl methyl sites for hydroxylation is 2. The molecule has 0 saturated carbocycles. The Hall–Kier alpha value is -1.65. The topological polar surface area (TPSA) is 59.2 Å². The van der Waals surface area contributed by atoms with E-state index < -0.39 is 0 Å². The van der Waals surface area contributed by atoms with Crippen molar-refractivity contribution in [2.24, 2.45) is 5.73 Å². The maximum absolute atomic E-state index is 11.7. The zero-order chi connectivity index (χ0) is 16.6. The van der Waals surface area contributed by atoms with Crippen molar-refractivity contribution in [1.29, 1.82) is 0 Å². The summed E-state index contributed by atoms with van der Waals surface area (Å²) in [7, 11) is 0. The minimum atomic E-state index is -0.249. The van der Waals surface area contributed by atoms with E-state index >= 15 is 0 Å². The molecule has 2 heterocycles. The van der Waals surface area contributed by atoms with Gasteiger partial charge in [0.1, 0.15) is 5.15 Å². The number of halogens is 1. The number of aromatic nitrogens is 1. The number of primary amides is 1. The van der Waals surface area contributed by atoms with Crippen LogP contribution < -0.4 is 5.73 Å². The summed E-state index contributed by atoms with van der Waals surface area (Å²) >= 11 is 6.42.